The number of hydrogen-bond acceptors (Lipinski definition) is 7. The van der Waals surface area contributed by atoms with E-state index in [9.17, 15) is 28.8 Å². The third kappa shape index (κ3) is 8.84. The second-order valence-electron chi connectivity index (χ2n) is 16.0. The quantitative estimate of drug-likeness (QED) is 0.186. The number of rotatable bonds is 14. The number of Topliss-reactive ketones (excluding diaryl/α,β-unsaturated/α-hetero) is 1. The number of carbonyl (C=O) groups excluding carboxylic acids is 5. The third-order valence-electron chi connectivity index (χ3n) is 11.0. The number of aromatic nitrogens is 1. The Hall–Kier alpha value is -3.96. The molecule has 274 valence electrons. The second kappa shape index (κ2) is 15.9. The monoisotopic (exact) mass is 692 g/mol. The van der Waals surface area contributed by atoms with Gasteiger partial charge in [-0.25, -0.2) is 0 Å². The fourth-order valence-electron chi connectivity index (χ4n) is 8.17. The third-order valence-corrected chi connectivity index (χ3v) is 11.0. The average molecular weight is 693 g/mol. The summed E-state index contributed by atoms with van der Waals surface area (Å²) in [5, 5.41) is 12.2. The van der Waals surface area contributed by atoms with Crippen molar-refractivity contribution < 1.29 is 24.0 Å². The molecule has 3 saturated carbocycles. The van der Waals surface area contributed by atoms with Gasteiger partial charge in [-0.3, -0.25) is 28.8 Å². The van der Waals surface area contributed by atoms with Crippen LogP contribution in [0.3, 0.4) is 0 Å². The standard InChI is InChI=1S/C38H56N6O6/c1-6-12-27(32(46)36(49)40-25-19-20-25)42-35(48)31-26-16-10-15-24(26)21-44(31)37(50)33(38(3,4)5)39-22(2)30(23-13-8-7-9-14-23)43-34(47)28-17-11-18-29(45)41-28/h11,17-18,23-27,30-31,33,39H,2,6-10,12-16,19-21H2,1,3-5H3,(H,40,49)(H,41,45)(H,42,48)(H,43,47)/t24-,26-,27-,30+,31-,33+/m0/s1. The highest BCUT2D eigenvalue weighted by Gasteiger charge is 2.52. The van der Waals surface area contributed by atoms with Crippen LogP contribution in [0.4, 0.5) is 0 Å². The molecule has 50 heavy (non-hydrogen) atoms. The minimum absolute atomic E-state index is 0.0246. The van der Waals surface area contributed by atoms with Gasteiger partial charge in [0.25, 0.3) is 11.8 Å². The molecule has 1 aromatic rings. The number of hydrogen-bond donors (Lipinski definition) is 5. The molecule has 3 aliphatic carbocycles. The maximum atomic E-state index is 14.7. The molecule has 4 aliphatic rings. The highest BCUT2D eigenvalue weighted by molar-refractivity contribution is 6.38. The Labute approximate surface area is 295 Å². The van der Waals surface area contributed by atoms with E-state index in [1.54, 1.807) is 11.0 Å². The molecule has 5 N–H and O–H groups in total. The van der Waals surface area contributed by atoms with E-state index >= 15 is 0 Å². The molecule has 2 heterocycles. The van der Waals surface area contributed by atoms with Gasteiger partial charge in [0.15, 0.2) is 0 Å². The van der Waals surface area contributed by atoms with Crippen LogP contribution in [0.2, 0.25) is 0 Å². The first-order chi connectivity index (χ1) is 23.8. The van der Waals surface area contributed by atoms with Gasteiger partial charge in [-0.05, 0) is 74.2 Å². The Bertz CT molecular complexity index is 1510. The zero-order chi connectivity index (χ0) is 36.2. The molecule has 1 saturated heterocycles. The molecule has 0 radical (unpaired) electrons. The van der Waals surface area contributed by atoms with E-state index in [0.29, 0.717) is 25.1 Å². The summed E-state index contributed by atoms with van der Waals surface area (Å²) >= 11 is 0. The minimum atomic E-state index is -0.959. The van der Waals surface area contributed by atoms with Crippen molar-refractivity contribution in [3.05, 3.63) is 46.5 Å². The van der Waals surface area contributed by atoms with Gasteiger partial charge in [-0.2, -0.15) is 0 Å². The molecule has 12 nitrogen and oxygen atoms in total. The van der Waals surface area contributed by atoms with Gasteiger partial charge in [0.2, 0.25) is 23.2 Å². The molecule has 4 fully saturated rings. The molecule has 0 bridgehead atoms. The summed E-state index contributed by atoms with van der Waals surface area (Å²) in [6.07, 6.45) is 10.2. The Kier molecular flexibility index (Phi) is 11.9. The van der Waals surface area contributed by atoms with Crippen LogP contribution in [-0.4, -0.2) is 76.0 Å². The first-order valence-corrected chi connectivity index (χ1v) is 18.7. The molecule has 5 rings (SSSR count). The number of carbonyl (C=O) groups is 5. The van der Waals surface area contributed by atoms with Crippen LogP contribution < -0.4 is 26.8 Å². The van der Waals surface area contributed by atoms with Crippen LogP contribution in [0.5, 0.6) is 0 Å². The molecule has 0 spiro atoms. The summed E-state index contributed by atoms with van der Waals surface area (Å²) in [7, 11) is 0. The van der Waals surface area contributed by atoms with Crippen LogP contribution in [0.25, 0.3) is 0 Å². The number of likely N-dealkylation sites (tertiary alicyclic amines) is 1. The number of nitrogens with one attached hydrogen (secondary N) is 5. The van der Waals surface area contributed by atoms with Crippen LogP contribution in [-0.2, 0) is 19.2 Å². The lowest BCUT2D eigenvalue weighted by atomic mass is 9.81. The smallest absolute Gasteiger partial charge is 0.289 e. The van der Waals surface area contributed by atoms with Crippen molar-refractivity contribution in [3.8, 4) is 0 Å². The molecule has 0 aromatic carbocycles. The van der Waals surface area contributed by atoms with Crippen molar-refractivity contribution in [1.82, 2.24) is 31.2 Å². The van der Waals surface area contributed by atoms with Crippen molar-refractivity contribution in [3.63, 3.8) is 0 Å². The summed E-state index contributed by atoms with van der Waals surface area (Å²) in [4.78, 5) is 84.3. The lowest BCUT2D eigenvalue weighted by Gasteiger charge is -2.40. The van der Waals surface area contributed by atoms with Crippen LogP contribution in [0.1, 0.15) is 115 Å². The Balaban J connectivity index is 1.36. The molecule has 1 aliphatic heterocycles. The molecule has 12 heteroatoms. The van der Waals surface area contributed by atoms with E-state index < -0.39 is 53.1 Å². The SMILES string of the molecule is C=C(N[C@H](C(=O)N1C[C@@H]2CCC[C@@H]2[C@H]1C(=O)N[C@@H](CCC)C(=O)C(=O)NC1CC1)C(C)(C)C)[C@@H](NC(=O)c1cccc(=O)[nH]1)C1CCCCC1. The predicted molar refractivity (Wildman–Crippen MR) is 190 cm³/mol. The second-order valence-corrected chi connectivity index (χ2v) is 16.0. The van der Waals surface area contributed by atoms with Crippen molar-refractivity contribution >= 4 is 29.4 Å². The zero-order valence-corrected chi connectivity index (χ0v) is 30.1. The Morgan fingerprint density at radius 3 is 2.30 bits per heavy atom. The highest BCUT2D eigenvalue weighted by atomic mass is 16.2. The number of ketones is 1. The van der Waals surface area contributed by atoms with E-state index in [2.05, 4.69) is 32.8 Å². The van der Waals surface area contributed by atoms with Crippen LogP contribution >= 0.6 is 0 Å². The number of fused-ring (bicyclic) bond motifs is 1. The maximum absolute atomic E-state index is 14.7. The summed E-state index contributed by atoms with van der Waals surface area (Å²) in [5.41, 5.74) is -0.320. The lowest BCUT2D eigenvalue weighted by molar-refractivity contribution is -0.144. The van der Waals surface area contributed by atoms with E-state index in [-0.39, 0.29) is 41.0 Å². The summed E-state index contributed by atoms with van der Waals surface area (Å²) < 4.78 is 0. The van der Waals surface area contributed by atoms with Crippen molar-refractivity contribution in [2.24, 2.45) is 23.2 Å². The number of pyridine rings is 1. The summed E-state index contributed by atoms with van der Waals surface area (Å²) in [5.74, 6) is -2.15. The van der Waals surface area contributed by atoms with Gasteiger partial charge in [0, 0.05) is 24.4 Å². The number of aromatic amines is 1. The average Bonchev–Trinajstić information content (AvgIpc) is 3.65. The fourth-order valence-corrected chi connectivity index (χ4v) is 8.17. The summed E-state index contributed by atoms with van der Waals surface area (Å²) in [6, 6.07) is 1.47. The largest absolute Gasteiger partial charge is 0.375 e. The Morgan fingerprint density at radius 2 is 1.66 bits per heavy atom. The molecular weight excluding hydrogens is 636 g/mol. The lowest BCUT2D eigenvalue weighted by Crippen LogP contribution is -2.60. The fraction of sp³-hybridized carbons (Fsp3) is 0.684. The first-order valence-electron chi connectivity index (χ1n) is 18.7. The first kappa shape index (κ1) is 37.3. The normalized spacial score (nSPS) is 24.0. The van der Waals surface area contributed by atoms with E-state index in [1.165, 1.54) is 12.1 Å². The Morgan fingerprint density at radius 1 is 0.940 bits per heavy atom. The minimum Gasteiger partial charge on any atom is -0.375 e. The van der Waals surface area contributed by atoms with Gasteiger partial charge in [0.05, 0.1) is 12.1 Å². The predicted octanol–water partition coefficient (Wildman–Crippen LogP) is 3.33. The van der Waals surface area contributed by atoms with Crippen LogP contribution in [0.15, 0.2) is 35.3 Å². The molecule has 1 aromatic heterocycles. The van der Waals surface area contributed by atoms with E-state index in [1.807, 2.05) is 27.7 Å². The van der Waals surface area contributed by atoms with Crippen molar-refractivity contribution in [1.29, 1.82) is 0 Å². The topological polar surface area (TPSA) is 170 Å². The van der Waals surface area contributed by atoms with Gasteiger partial charge < -0.3 is 31.2 Å². The highest BCUT2D eigenvalue weighted by Crippen LogP contribution is 2.43. The molecule has 0 unspecified atom stereocenters. The zero-order valence-electron chi connectivity index (χ0n) is 30.1. The van der Waals surface area contributed by atoms with Gasteiger partial charge in [0.1, 0.15) is 17.8 Å². The van der Waals surface area contributed by atoms with Crippen molar-refractivity contribution in [2.45, 2.75) is 135 Å². The number of nitrogens with zero attached hydrogens (tertiary/aromatic N) is 1. The number of H-pyrrole nitrogens is 1. The maximum Gasteiger partial charge on any atom is 0.289 e. The molecule has 4 amide bonds. The summed E-state index contributed by atoms with van der Waals surface area (Å²) in [6.45, 7) is 12.6. The van der Waals surface area contributed by atoms with Gasteiger partial charge in [-0.1, -0.05) is 72.4 Å². The van der Waals surface area contributed by atoms with E-state index in [0.717, 1.165) is 64.2 Å². The van der Waals surface area contributed by atoms with Crippen LogP contribution in [0, 0.1) is 23.2 Å². The van der Waals surface area contributed by atoms with Crippen molar-refractivity contribution in [2.75, 3.05) is 6.54 Å². The van der Waals surface area contributed by atoms with Gasteiger partial charge >= 0.3 is 0 Å². The molecular formula is C38H56N6O6. The number of amides is 4. The van der Waals surface area contributed by atoms with E-state index in [4.69, 9.17) is 0 Å². The van der Waals surface area contributed by atoms with Gasteiger partial charge in [-0.15, -0.1) is 0 Å². The molecule has 6 atom stereocenters.